The fourth-order valence-electron chi connectivity index (χ4n) is 2.25. The number of anilines is 2. The molecule has 1 aliphatic carbocycles. The maximum Gasteiger partial charge on any atom is 0.145 e. The van der Waals surface area contributed by atoms with Crippen LogP contribution in [-0.2, 0) is 4.74 Å². The van der Waals surface area contributed by atoms with E-state index in [-0.39, 0.29) is 0 Å². The van der Waals surface area contributed by atoms with Crippen LogP contribution in [0.5, 0.6) is 0 Å². The van der Waals surface area contributed by atoms with Crippen LogP contribution in [0.25, 0.3) is 0 Å². The van der Waals surface area contributed by atoms with E-state index in [1.165, 1.54) is 12.8 Å². The summed E-state index contributed by atoms with van der Waals surface area (Å²) in [6.45, 7) is 1.60. The Bertz CT molecular complexity index is 428. The molecule has 0 radical (unpaired) electrons. The van der Waals surface area contributed by atoms with Crippen molar-refractivity contribution in [2.24, 2.45) is 5.84 Å². The van der Waals surface area contributed by atoms with E-state index in [0.717, 1.165) is 31.3 Å². The van der Waals surface area contributed by atoms with Crippen LogP contribution in [0.15, 0.2) is 6.07 Å². The summed E-state index contributed by atoms with van der Waals surface area (Å²) in [7, 11) is 2.05. The van der Waals surface area contributed by atoms with Gasteiger partial charge in [-0.2, -0.15) is 0 Å². The number of nitrogen functional groups attached to an aromatic ring is 1. The fourth-order valence-corrected chi connectivity index (χ4v) is 2.25. The number of rotatable bonds is 4. The molecule has 1 aromatic rings. The zero-order valence-electron chi connectivity index (χ0n) is 10.6. The van der Waals surface area contributed by atoms with Gasteiger partial charge in [0.05, 0.1) is 12.6 Å². The van der Waals surface area contributed by atoms with Crippen LogP contribution in [0.2, 0.25) is 0 Å². The minimum absolute atomic E-state index is 0.401. The lowest BCUT2D eigenvalue weighted by Crippen LogP contribution is -2.32. The molecule has 0 bridgehead atoms. The lowest BCUT2D eigenvalue weighted by atomic mass is 10.2. The highest BCUT2D eigenvalue weighted by Gasteiger charge is 2.29. The summed E-state index contributed by atoms with van der Waals surface area (Å²) < 4.78 is 5.42. The standard InChI is InChI=1S/C12H19N5O/c1-17(9-4-5-18-7-9)11-6-10(16-13)14-12(15-11)8-2-3-8/h6,8-9H,2-5,7,13H2,1H3,(H,14,15,16). The van der Waals surface area contributed by atoms with Crippen LogP contribution < -0.4 is 16.2 Å². The average Bonchev–Trinajstić information content (AvgIpc) is 3.12. The van der Waals surface area contributed by atoms with E-state index in [4.69, 9.17) is 10.6 Å². The fraction of sp³-hybridized carbons (Fsp3) is 0.667. The number of nitrogens with one attached hydrogen (secondary N) is 1. The zero-order valence-corrected chi connectivity index (χ0v) is 10.6. The molecule has 98 valence electrons. The van der Waals surface area contributed by atoms with Gasteiger partial charge in [-0.05, 0) is 19.3 Å². The van der Waals surface area contributed by atoms with E-state index in [1.54, 1.807) is 0 Å². The molecule has 1 unspecified atom stereocenters. The Labute approximate surface area is 107 Å². The van der Waals surface area contributed by atoms with Crippen molar-refractivity contribution in [1.82, 2.24) is 9.97 Å². The maximum atomic E-state index is 5.48. The number of hydrogen-bond donors (Lipinski definition) is 2. The van der Waals surface area contributed by atoms with Crippen LogP contribution in [-0.4, -0.2) is 36.3 Å². The van der Waals surface area contributed by atoms with Gasteiger partial charge in [-0.3, -0.25) is 0 Å². The Morgan fingerprint density at radius 1 is 1.39 bits per heavy atom. The summed E-state index contributed by atoms with van der Waals surface area (Å²) in [5.41, 5.74) is 2.63. The summed E-state index contributed by atoms with van der Waals surface area (Å²) in [6.07, 6.45) is 3.41. The van der Waals surface area contributed by atoms with Crippen LogP contribution in [0, 0.1) is 0 Å². The third-order valence-corrected chi connectivity index (χ3v) is 3.64. The van der Waals surface area contributed by atoms with Gasteiger partial charge in [0, 0.05) is 25.6 Å². The monoisotopic (exact) mass is 249 g/mol. The van der Waals surface area contributed by atoms with E-state index in [0.29, 0.717) is 17.8 Å². The summed E-state index contributed by atoms with van der Waals surface area (Å²) in [5, 5.41) is 0. The molecule has 3 N–H and O–H groups in total. The van der Waals surface area contributed by atoms with Crippen LogP contribution in [0.3, 0.4) is 0 Å². The number of likely N-dealkylation sites (N-methyl/N-ethyl adjacent to an activating group) is 1. The Morgan fingerprint density at radius 2 is 2.22 bits per heavy atom. The molecule has 0 aromatic carbocycles. The van der Waals surface area contributed by atoms with Gasteiger partial charge in [-0.25, -0.2) is 15.8 Å². The van der Waals surface area contributed by atoms with E-state index in [9.17, 15) is 0 Å². The molecule has 18 heavy (non-hydrogen) atoms. The van der Waals surface area contributed by atoms with Gasteiger partial charge in [0.15, 0.2) is 0 Å². The SMILES string of the molecule is CN(c1cc(NN)nc(C2CC2)n1)C1CCOC1. The molecule has 0 amide bonds. The van der Waals surface area contributed by atoms with Crippen LogP contribution in [0.4, 0.5) is 11.6 Å². The second-order valence-corrected chi connectivity index (χ2v) is 5.02. The maximum absolute atomic E-state index is 5.48. The predicted molar refractivity (Wildman–Crippen MR) is 69.4 cm³/mol. The van der Waals surface area contributed by atoms with Gasteiger partial charge < -0.3 is 15.1 Å². The van der Waals surface area contributed by atoms with E-state index in [1.807, 2.05) is 6.07 Å². The summed E-state index contributed by atoms with van der Waals surface area (Å²) in [6, 6.07) is 2.29. The number of hydrogen-bond acceptors (Lipinski definition) is 6. The molecular weight excluding hydrogens is 230 g/mol. The molecule has 2 aliphatic rings. The molecule has 3 rings (SSSR count). The Balaban J connectivity index is 1.86. The third-order valence-electron chi connectivity index (χ3n) is 3.64. The van der Waals surface area contributed by atoms with Crippen LogP contribution in [0.1, 0.15) is 31.0 Å². The molecule has 1 saturated carbocycles. The van der Waals surface area contributed by atoms with Gasteiger partial charge >= 0.3 is 0 Å². The largest absolute Gasteiger partial charge is 0.379 e. The summed E-state index contributed by atoms with van der Waals surface area (Å²) in [4.78, 5) is 11.2. The van der Waals surface area contributed by atoms with Crippen molar-refractivity contribution in [1.29, 1.82) is 0 Å². The van der Waals surface area contributed by atoms with Crippen LogP contribution >= 0.6 is 0 Å². The molecule has 6 nitrogen and oxygen atoms in total. The van der Waals surface area contributed by atoms with Gasteiger partial charge in [0.25, 0.3) is 0 Å². The molecule has 6 heteroatoms. The summed E-state index contributed by atoms with van der Waals surface area (Å²) >= 11 is 0. The van der Waals surface area contributed by atoms with Crippen molar-refractivity contribution in [3.05, 3.63) is 11.9 Å². The number of hydrazine groups is 1. The second-order valence-electron chi connectivity index (χ2n) is 5.02. The first-order valence-corrected chi connectivity index (χ1v) is 6.44. The highest BCUT2D eigenvalue weighted by molar-refractivity contribution is 5.49. The quantitative estimate of drug-likeness (QED) is 0.609. The zero-order chi connectivity index (χ0) is 12.5. The van der Waals surface area contributed by atoms with Crippen molar-refractivity contribution in [2.45, 2.75) is 31.2 Å². The topological polar surface area (TPSA) is 76.3 Å². The second kappa shape index (κ2) is 4.70. The minimum Gasteiger partial charge on any atom is -0.379 e. The molecule has 2 heterocycles. The lowest BCUT2D eigenvalue weighted by molar-refractivity contribution is 0.193. The molecule has 1 aromatic heterocycles. The van der Waals surface area contributed by atoms with Crippen molar-refractivity contribution in [3.63, 3.8) is 0 Å². The van der Waals surface area contributed by atoms with E-state index < -0.39 is 0 Å². The smallest absolute Gasteiger partial charge is 0.145 e. The number of nitrogens with two attached hydrogens (primary N) is 1. The first-order valence-electron chi connectivity index (χ1n) is 6.44. The van der Waals surface area contributed by atoms with Gasteiger partial charge in [-0.15, -0.1) is 0 Å². The van der Waals surface area contributed by atoms with Crippen molar-refractivity contribution >= 4 is 11.6 Å². The minimum atomic E-state index is 0.401. The Morgan fingerprint density at radius 3 is 2.83 bits per heavy atom. The predicted octanol–water partition coefficient (Wildman–Crippen LogP) is 0.865. The Hall–Kier alpha value is -1.40. The third kappa shape index (κ3) is 2.26. The first-order chi connectivity index (χ1) is 8.78. The van der Waals surface area contributed by atoms with Gasteiger partial charge in [0.1, 0.15) is 17.5 Å². The average molecular weight is 249 g/mol. The normalized spacial score (nSPS) is 23.1. The van der Waals surface area contributed by atoms with Crippen molar-refractivity contribution in [3.8, 4) is 0 Å². The summed E-state index contributed by atoms with van der Waals surface area (Å²) in [5.74, 6) is 8.52. The van der Waals surface area contributed by atoms with Gasteiger partial charge in [0.2, 0.25) is 0 Å². The lowest BCUT2D eigenvalue weighted by Gasteiger charge is -2.24. The first kappa shape index (κ1) is 11.7. The Kier molecular flexibility index (Phi) is 3.05. The van der Waals surface area contributed by atoms with Crippen molar-refractivity contribution < 1.29 is 4.74 Å². The number of ether oxygens (including phenoxy) is 1. The van der Waals surface area contributed by atoms with E-state index in [2.05, 4.69) is 27.3 Å². The molecule has 1 atom stereocenters. The van der Waals surface area contributed by atoms with Crippen molar-refractivity contribution in [2.75, 3.05) is 30.6 Å². The van der Waals surface area contributed by atoms with Gasteiger partial charge in [-0.1, -0.05) is 0 Å². The van der Waals surface area contributed by atoms with E-state index >= 15 is 0 Å². The molecule has 1 saturated heterocycles. The highest BCUT2D eigenvalue weighted by Crippen LogP contribution is 2.39. The molecule has 2 fully saturated rings. The molecule has 0 spiro atoms. The molecular formula is C12H19N5O. The highest BCUT2D eigenvalue weighted by atomic mass is 16.5. The number of nitrogens with zero attached hydrogens (tertiary/aromatic N) is 3. The number of aromatic nitrogens is 2. The molecule has 1 aliphatic heterocycles.